The Hall–Kier alpha value is -1.73. The number of hydrogen-bond donors (Lipinski definition) is 1. The summed E-state index contributed by atoms with van der Waals surface area (Å²) in [6.07, 6.45) is 3.54. The first-order chi connectivity index (χ1) is 13.0. The molecule has 3 rings (SSSR count). The van der Waals surface area contributed by atoms with Gasteiger partial charge in [0.05, 0.1) is 6.04 Å². The van der Waals surface area contributed by atoms with Gasteiger partial charge < -0.3 is 0 Å². The summed E-state index contributed by atoms with van der Waals surface area (Å²) < 4.78 is 41.8. The summed E-state index contributed by atoms with van der Waals surface area (Å²) in [7, 11) is -3.66. The molecule has 0 aliphatic carbocycles. The standard InChI is InChI=1S/C20H22ClFN2O2S/c21-17-9-6-10-18(22)20(17)19(24-12-4-5-13-24)15-23-27(25,26)14-11-16-7-2-1-3-8-16/h1-3,6-11,14,19,23H,4-5,12-13,15H2/b14-11+. The van der Waals surface area contributed by atoms with Crippen LogP contribution in [0.4, 0.5) is 4.39 Å². The number of rotatable bonds is 7. The second-order valence-electron chi connectivity index (χ2n) is 6.50. The third-order valence-electron chi connectivity index (χ3n) is 4.63. The Morgan fingerprint density at radius 3 is 2.48 bits per heavy atom. The van der Waals surface area contributed by atoms with Crippen molar-refractivity contribution in [2.24, 2.45) is 0 Å². The summed E-state index contributed by atoms with van der Waals surface area (Å²) in [6.45, 7) is 1.63. The molecule has 1 aliphatic rings. The largest absolute Gasteiger partial charge is 0.295 e. The molecule has 0 spiro atoms. The van der Waals surface area contributed by atoms with Gasteiger partial charge in [-0.05, 0) is 49.7 Å². The molecule has 0 radical (unpaired) electrons. The van der Waals surface area contributed by atoms with Crippen molar-refractivity contribution in [1.82, 2.24) is 9.62 Å². The second kappa shape index (κ2) is 8.97. The van der Waals surface area contributed by atoms with Gasteiger partial charge in [-0.15, -0.1) is 0 Å². The lowest BCUT2D eigenvalue weighted by Gasteiger charge is -2.29. The van der Waals surface area contributed by atoms with Crippen LogP contribution in [0.15, 0.2) is 53.9 Å². The maximum absolute atomic E-state index is 14.4. The zero-order valence-electron chi connectivity index (χ0n) is 14.8. The van der Waals surface area contributed by atoms with Gasteiger partial charge in [0, 0.05) is 22.5 Å². The molecule has 0 amide bonds. The van der Waals surface area contributed by atoms with Crippen LogP contribution in [0, 0.1) is 5.82 Å². The van der Waals surface area contributed by atoms with Crippen LogP contribution in [0.3, 0.4) is 0 Å². The molecule has 1 unspecified atom stereocenters. The van der Waals surface area contributed by atoms with E-state index in [-0.39, 0.29) is 6.54 Å². The average molecular weight is 409 g/mol. The van der Waals surface area contributed by atoms with Crippen LogP contribution in [-0.2, 0) is 10.0 Å². The third-order valence-corrected chi connectivity index (χ3v) is 6.02. The van der Waals surface area contributed by atoms with Crippen LogP contribution >= 0.6 is 11.6 Å². The van der Waals surface area contributed by atoms with Gasteiger partial charge in [0.25, 0.3) is 0 Å². The first-order valence-electron chi connectivity index (χ1n) is 8.87. The van der Waals surface area contributed by atoms with Crippen LogP contribution in [0.5, 0.6) is 0 Å². The molecule has 2 aromatic carbocycles. The Labute approximate surface area is 164 Å². The quantitative estimate of drug-likeness (QED) is 0.746. The highest BCUT2D eigenvalue weighted by atomic mass is 35.5. The first-order valence-corrected chi connectivity index (χ1v) is 10.8. The van der Waals surface area contributed by atoms with E-state index in [1.807, 2.05) is 30.3 Å². The highest BCUT2D eigenvalue weighted by Gasteiger charge is 2.28. The van der Waals surface area contributed by atoms with E-state index in [1.54, 1.807) is 12.1 Å². The molecule has 2 aromatic rings. The second-order valence-corrected chi connectivity index (χ2v) is 8.56. The van der Waals surface area contributed by atoms with E-state index < -0.39 is 21.9 Å². The van der Waals surface area contributed by atoms with Gasteiger partial charge in [0.2, 0.25) is 10.0 Å². The van der Waals surface area contributed by atoms with Gasteiger partial charge >= 0.3 is 0 Å². The fraction of sp³-hybridized carbons (Fsp3) is 0.300. The van der Waals surface area contributed by atoms with E-state index in [1.165, 1.54) is 12.1 Å². The fourth-order valence-electron chi connectivity index (χ4n) is 3.27. The Morgan fingerprint density at radius 2 is 1.81 bits per heavy atom. The van der Waals surface area contributed by atoms with Crippen LogP contribution in [-0.4, -0.2) is 33.0 Å². The van der Waals surface area contributed by atoms with Gasteiger partial charge in [0.1, 0.15) is 5.82 Å². The Morgan fingerprint density at radius 1 is 1.11 bits per heavy atom. The summed E-state index contributed by atoms with van der Waals surface area (Å²) in [6, 6.07) is 13.3. The van der Waals surface area contributed by atoms with Crippen molar-refractivity contribution in [3.63, 3.8) is 0 Å². The maximum Gasteiger partial charge on any atom is 0.233 e. The number of benzene rings is 2. The van der Waals surface area contributed by atoms with E-state index in [9.17, 15) is 12.8 Å². The van der Waals surface area contributed by atoms with E-state index >= 15 is 0 Å². The van der Waals surface area contributed by atoms with Crippen molar-refractivity contribution >= 4 is 27.7 Å². The number of nitrogens with zero attached hydrogens (tertiary/aromatic N) is 1. The van der Waals surface area contributed by atoms with Gasteiger partial charge in [0.15, 0.2) is 0 Å². The van der Waals surface area contributed by atoms with Crippen LogP contribution in [0.1, 0.15) is 30.0 Å². The summed E-state index contributed by atoms with van der Waals surface area (Å²) in [5.74, 6) is -0.418. The lowest BCUT2D eigenvalue weighted by molar-refractivity contribution is 0.241. The molecule has 1 aliphatic heterocycles. The highest BCUT2D eigenvalue weighted by molar-refractivity contribution is 7.92. The SMILES string of the molecule is O=S(=O)(/C=C/c1ccccc1)NCC(c1c(F)cccc1Cl)N1CCCC1. The predicted molar refractivity (Wildman–Crippen MR) is 107 cm³/mol. The summed E-state index contributed by atoms with van der Waals surface area (Å²) >= 11 is 6.24. The predicted octanol–water partition coefficient (Wildman–Crippen LogP) is 4.21. The molecule has 0 saturated carbocycles. The molecule has 1 atom stereocenters. The van der Waals surface area contributed by atoms with Crippen molar-refractivity contribution in [3.8, 4) is 0 Å². The molecule has 144 valence electrons. The first kappa shape index (κ1) is 20.0. The topological polar surface area (TPSA) is 49.4 Å². The molecule has 7 heteroatoms. The molecule has 0 bridgehead atoms. The lowest BCUT2D eigenvalue weighted by Crippen LogP contribution is -2.36. The molecular weight excluding hydrogens is 387 g/mol. The minimum atomic E-state index is -3.66. The average Bonchev–Trinajstić information content (AvgIpc) is 3.18. The van der Waals surface area contributed by atoms with Crippen molar-refractivity contribution in [2.45, 2.75) is 18.9 Å². The van der Waals surface area contributed by atoms with Crippen LogP contribution < -0.4 is 4.72 Å². The monoisotopic (exact) mass is 408 g/mol. The van der Waals surface area contributed by atoms with Gasteiger partial charge in [-0.2, -0.15) is 0 Å². The molecule has 0 aromatic heterocycles. The molecular formula is C20H22ClFN2O2S. The molecule has 1 N–H and O–H groups in total. The normalized spacial score (nSPS) is 16.8. The third kappa shape index (κ3) is 5.39. The molecule has 4 nitrogen and oxygen atoms in total. The van der Waals surface area contributed by atoms with E-state index in [0.717, 1.165) is 36.9 Å². The Balaban J connectivity index is 1.77. The van der Waals surface area contributed by atoms with Gasteiger partial charge in [-0.25, -0.2) is 17.5 Å². The van der Waals surface area contributed by atoms with Crippen LogP contribution in [0.25, 0.3) is 6.08 Å². The zero-order valence-corrected chi connectivity index (χ0v) is 16.4. The van der Waals surface area contributed by atoms with Crippen molar-refractivity contribution in [3.05, 3.63) is 75.9 Å². The summed E-state index contributed by atoms with van der Waals surface area (Å²) in [5, 5.41) is 1.44. The van der Waals surface area contributed by atoms with Gasteiger partial charge in [-0.3, -0.25) is 4.90 Å². The van der Waals surface area contributed by atoms with E-state index in [0.29, 0.717) is 10.6 Å². The number of likely N-dealkylation sites (tertiary alicyclic amines) is 1. The number of nitrogens with one attached hydrogen (secondary N) is 1. The van der Waals surface area contributed by atoms with E-state index in [4.69, 9.17) is 11.6 Å². The lowest BCUT2D eigenvalue weighted by atomic mass is 10.0. The van der Waals surface area contributed by atoms with E-state index in [2.05, 4.69) is 9.62 Å². The molecule has 1 saturated heterocycles. The minimum absolute atomic E-state index is 0.0577. The Kier molecular flexibility index (Phi) is 6.65. The molecule has 1 fully saturated rings. The zero-order chi connectivity index (χ0) is 19.3. The maximum atomic E-state index is 14.4. The van der Waals surface area contributed by atoms with Gasteiger partial charge in [-0.1, -0.05) is 48.0 Å². The highest BCUT2D eigenvalue weighted by Crippen LogP contribution is 2.32. The molecule has 1 heterocycles. The summed E-state index contributed by atoms with van der Waals surface area (Å²) in [5.41, 5.74) is 1.13. The smallest absolute Gasteiger partial charge is 0.233 e. The van der Waals surface area contributed by atoms with Crippen LogP contribution in [0.2, 0.25) is 5.02 Å². The Bertz CT molecular complexity index is 877. The number of hydrogen-bond acceptors (Lipinski definition) is 3. The summed E-state index contributed by atoms with van der Waals surface area (Å²) in [4.78, 5) is 2.08. The molecule has 27 heavy (non-hydrogen) atoms. The minimum Gasteiger partial charge on any atom is -0.295 e. The fourth-order valence-corrected chi connectivity index (χ4v) is 4.38. The number of halogens is 2. The van der Waals surface area contributed by atoms with Crippen molar-refractivity contribution in [2.75, 3.05) is 19.6 Å². The van der Waals surface area contributed by atoms with Crippen molar-refractivity contribution < 1.29 is 12.8 Å². The number of sulfonamides is 1. The van der Waals surface area contributed by atoms with Crippen molar-refractivity contribution in [1.29, 1.82) is 0 Å².